The van der Waals surface area contributed by atoms with Gasteiger partial charge in [0.1, 0.15) is 0 Å². The van der Waals surface area contributed by atoms with E-state index in [-0.39, 0.29) is 23.6 Å². The molecule has 1 aromatic carbocycles. The van der Waals surface area contributed by atoms with E-state index in [1.807, 2.05) is 37.3 Å². The Morgan fingerprint density at radius 1 is 1.06 bits per heavy atom. The Hall–Kier alpha value is -3.94. The Morgan fingerprint density at radius 2 is 1.76 bits per heavy atom. The largest absolute Gasteiger partial charge is 0.325 e. The van der Waals surface area contributed by atoms with Crippen LogP contribution in [0, 0.1) is 0 Å². The van der Waals surface area contributed by atoms with E-state index in [0.717, 1.165) is 41.9 Å². The topological polar surface area (TPSA) is 79.8 Å². The van der Waals surface area contributed by atoms with Crippen LogP contribution in [-0.4, -0.2) is 20.9 Å². The van der Waals surface area contributed by atoms with Crippen molar-refractivity contribution in [3.8, 4) is 11.1 Å². The lowest BCUT2D eigenvalue weighted by Gasteiger charge is -2.12. The number of allylic oxidation sites excluding steroid dienone is 2. The highest BCUT2D eigenvalue weighted by molar-refractivity contribution is 5.92. The van der Waals surface area contributed by atoms with E-state index in [9.17, 15) is 13.6 Å². The lowest BCUT2D eigenvalue weighted by atomic mass is 10.0. The molecule has 0 aliphatic rings. The third kappa shape index (κ3) is 6.77. The highest BCUT2D eigenvalue weighted by Gasteiger charge is 2.25. The molecule has 0 saturated carbocycles. The lowest BCUT2D eigenvalue weighted by molar-refractivity contribution is -0.115. The van der Waals surface area contributed by atoms with Crippen LogP contribution in [-0.2, 0) is 17.1 Å². The third-order valence-electron chi connectivity index (χ3n) is 4.73. The number of nitrogens with one attached hydrogen (secondary N) is 2. The van der Waals surface area contributed by atoms with Gasteiger partial charge in [0.2, 0.25) is 11.9 Å². The van der Waals surface area contributed by atoms with Crippen molar-refractivity contribution in [3.63, 3.8) is 0 Å². The number of nitrogens with zero attached hydrogens (tertiary/aromatic N) is 3. The molecule has 3 rings (SSSR count). The monoisotopic (exact) mass is 449 g/mol. The maximum atomic E-state index is 13.5. The predicted molar refractivity (Wildman–Crippen MR) is 126 cm³/mol. The Bertz CT molecular complexity index is 1140. The van der Waals surface area contributed by atoms with Gasteiger partial charge < -0.3 is 10.6 Å². The summed E-state index contributed by atoms with van der Waals surface area (Å²) < 4.78 is 26.9. The second kappa shape index (κ2) is 10.6. The first-order valence-electron chi connectivity index (χ1n) is 10.4. The molecular weight excluding hydrogens is 424 g/mol. The molecule has 2 N–H and O–H groups in total. The van der Waals surface area contributed by atoms with Gasteiger partial charge in [0.25, 0.3) is 5.92 Å². The summed E-state index contributed by atoms with van der Waals surface area (Å²) in [5.74, 6) is -2.87. The number of alkyl halides is 2. The first-order chi connectivity index (χ1) is 15.8. The quantitative estimate of drug-likeness (QED) is 0.408. The van der Waals surface area contributed by atoms with E-state index < -0.39 is 5.92 Å². The fourth-order valence-electron chi connectivity index (χ4n) is 3.03. The van der Waals surface area contributed by atoms with E-state index in [0.29, 0.717) is 5.95 Å². The van der Waals surface area contributed by atoms with Gasteiger partial charge >= 0.3 is 0 Å². The molecule has 0 atom stereocenters. The van der Waals surface area contributed by atoms with Crippen LogP contribution in [0.2, 0.25) is 0 Å². The van der Waals surface area contributed by atoms with Crippen molar-refractivity contribution in [2.24, 2.45) is 0 Å². The SMILES string of the molecule is C=C/C(=C\CC)Nc1ncc(-c2ccc(CC(=O)Nc3cncc(C(C)(F)F)c3)cc2)cn1. The van der Waals surface area contributed by atoms with Crippen LogP contribution >= 0.6 is 0 Å². The first-order valence-corrected chi connectivity index (χ1v) is 10.4. The van der Waals surface area contributed by atoms with E-state index in [1.165, 1.54) is 12.3 Å². The van der Waals surface area contributed by atoms with Crippen LogP contribution in [0.15, 0.2) is 79.5 Å². The summed E-state index contributed by atoms with van der Waals surface area (Å²) in [5.41, 5.74) is 3.34. The highest BCUT2D eigenvalue weighted by atomic mass is 19.3. The molecule has 6 nitrogen and oxygen atoms in total. The normalized spacial score (nSPS) is 11.7. The molecule has 1 amide bonds. The maximum Gasteiger partial charge on any atom is 0.272 e. The Labute approximate surface area is 191 Å². The molecular formula is C25H25F2N5O. The molecule has 170 valence electrons. The van der Waals surface area contributed by atoms with Gasteiger partial charge in [-0.15, -0.1) is 0 Å². The maximum absolute atomic E-state index is 13.5. The van der Waals surface area contributed by atoms with E-state index in [1.54, 1.807) is 18.5 Å². The zero-order chi connectivity index (χ0) is 23.8. The number of anilines is 2. The van der Waals surface area contributed by atoms with Gasteiger partial charge in [-0.05, 0) is 29.7 Å². The molecule has 0 unspecified atom stereocenters. The minimum absolute atomic E-state index is 0.0977. The molecule has 3 aromatic rings. The van der Waals surface area contributed by atoms with Crippen molar-refractivity contribution in [2.45, 2.75) is 32.6 Å². The fraction of sp³-hybridized carbons (Fsp3) is 0.200. The van der Waals surface area contributed by atoms with Crippen LogP contribution in [0.5, 0.6) is 0 Å². The number of hydrogen-bond acceptors (Lipinski definition) is 5. The zero-order valence-electron chi connectivity index (χ0n) is 18.5. The molecule has 2 aromatic heterocycles. The van der Waals surface area contributed by atoms with Gasteiger partial charge in [-0.25, -0.2) is 18.7 Å². The van der Waals surface area contributed by atoms with Crippen LogP contribution < -0.4 is 10.6 Å². The number of hydrogen-bond donors (Lipinski definition) is 2. The number of halogens is 2. The highest BCUT2D eigenvalue weighted by Crippen LogP contribution is 2.27. The van der Waals surface area contributed by atoms with Crippen molar-refractivity contribution in [1.82, 2.24) is 15.0 Å². The summed E-state index contributed by atoms with van der Waals surface area (Å²) in [4.78, 5) is 24.8. The standard InChI is InChI=1S/C25H25F2N5O/c1-4-6-21(5-2)32-24-29-13-19(14-30-24)18-9-7-17(8-10-18)11-23(33)31-22-12-20(15-28-16-22)25(3,26)27/h5-10,12-16H,2,4,11H2,1,3H3,(H,31,33)(H,29,30,32)/b21-6+. The summed E-state index contributed by atoms with van der Waals surface area (Å²) in [7, 11) is 0. The number of rotatable bonds is 9. The van der Waals surface area contributed by atoms with Crippen LogP contribution in [0.1, 0.15) is 31.4 Å². The number of benzene rings is 1. The van der Waals surface area contributed by atoms with E-state index >= 15 is 0 Å². The first kappa shape index (κ1) is 23.7. The molecule has 0 aliphatic carbocycles. The van der Waals surface area contributed by atoms with Crippen molar-refractivity contribution in [1.29, 1.82) is 0 Å². The molecule has 0 bridgehead atoms. The number of carbonyl (C=O) groups excluding carboxylic acids is 1. The molecule has 0 fully saturated rings. The van der Waals surface area contributed by atoms with Crippen molar-refractivity contribution in [3.05, 3.63) is 90.7 Å². The van der Waals surface area contributed by atoms with Gasteiger partial charge in [0.05, 0.1) is 18.3 Å². The van der Waals surface area contributed by atoms with Gasteiger partial charge in [-0.3, -0.25) is 9.78 Å². The van der Waals surface area contributed by atoms with Crippen molar-refractivity contribution < 1.29 is 13.6 Å². The number of aromatic nitrogens is 3. The summed E-state index contributed by atoms with van der Waals surface area (Å²) in [6.45, 7) is 6.58. The molecule has 0 radical (unpaired) electrons. The summed E-state index contributed by atoms with van der Waals surface area (Å²) in [6.07, 6.45) is 10.5. The van der Waals surface area contributed by atoms with Gasteiger partial charge in [0, 0.05) is 42.3 Å². The smallest absolute Gasteiger partial charge is 0.272 e. The van der Waals surface area contributed by atoms with Crippen LogP contribution in [0.3, 0.4) is 0 Å². The number of pyridine rings is 1. The summed E-state index contributed by atoms with van der Waals surface area (Å²) >= 11 is 0. The van der Waals surface area contributed by atoms with Gasteiger partial charge in [-0.1, -0.05) is 43.8 Å². The second-order valence-electron chi connectivity index (χ2n) is 7.46. The van der Waals surface area contributed by atoms with Gasteiger partial charge in [0.15, 0.2) is 0 Å². The summed E-state index contributed by atoms with van der Waals surface area (Å²) in [5, 5.41) is 5.71. The summed E-state index contributed by atoms with van der Waals surface area (Å²) in [6, 6.07) is 8.63. The van der Waals surface area contributed by atoms with E-state index in [2.05, 4.69) is 32.2 Å². The number of carbonyl (C=O) groups is 1. The third-order valence-corrected chi connectivity index (χ3v) is 4.73. The van der Waals surface area contributed by atoms with Crippen molar-refractivity contribution in [2.75, 3.05) is 10.6 Å². The fourth-order valence-corrected chi connectivity index (χ4v) is 3.03. The zero-order valence-corrected chi connectivity index (χ0v) is 18.5. The average Bonchev–Trinajstić information content (AvgIpc) is 2.79. The van der Waals surface area contributed by atoms with E-state index in [4.69, 9.17) is 0 Å². The van der Waals surface area contributed by atoms with Gasteiger partial charge in [-0.2, -0.15) is 0 Å². The average molecular weight is 450 g/mol. The Morgan fingerprint density at radius 3 is 2.36 bits per heavy atom. The van der Waals surface area contributed by atoms with Crippen LogP contribution in [0.25, 0.3) is 11.1 Å². The molecule has 0 saturated heterocycles. The van der Waals surface area contributed by atoms with Crippen molar-refractivity contribution >= 4 is 17.5 Å². The Kier molecular flexibility index (Phi) is 7.61. The molecule has 33 heavy (non-hydrogen) atoms. The molecule has 2 heterocycles. The lowest BCUT2D eigenvalue weighted by Crippen LogP contribution is -2.15. The second-order valence-corrected chi connectivity index (χ2v) is 7.46. The minimum Gasteiger partial charge on any atom is -0.325 e. The number of amides is 1. The predicted octanol–water partition coefficient (Wildman–Crippen LogP) is 5.72. The minimum atomic E-state index is -3.03. The molecule has 0 spiro atoms. The Balaban J connectivity index is 1.62. The molecule has 8 heteroatoms. The van der Waals surface area contributed by atoms with Crippen LogP contribution in [0.4, 0.5) is 20.4 Å². The molecule has 0 aliphatic heterocycles.